The van der Waals surface area contributed by atoms with Crippen molar-refractivity contribution in [3.05, 3.63) is 35.4 Å². The van der Waals surface area contributed by atoms with E-state index in [1.165, 1.54) is 44.6 Å². The Kier molecular flexibility index (Phi) is 22.3. The van der Waals surface area contributed by atoms with Gasteiger partial charge in [0.05, 0.1) is 49.8 Å². The molecule has 40 heavy (non-hydrogen) atoms. The lowest BCUT2D eigenvalue weighted by Gasteiger charge is -2.17. The Labute approximate surface area is 242 Å². The van der Waals surface area contributed by atoms with E-state index in [1.807, 2.05) is 13.8 Å². The summed E-state index contributed by atoms with van der Waals surface area (Å²) < 4.78 is 33.7. The molecule has 0 fully saturated rings. The summed E-state index contributed by atoms with van der Waals surface area (Å²) in [5.74, 6) is -1.01. The van der Waals surface area contributed by atoms with Crippen molar-refractivity contribution in [3.8, 4) is 0 Å². The maximum Gasteiger partial charge on any atom is 0.338 e. The number of carbonyl (C=O) groups is 2. The lowest BCUT2D eigenvalue weighted by atomic mass is 10.1. The van der Waals surface area contributed by atoms with Gasteiger partial charge in [-0.3, -0.25) is 0 Å². The first kappa shape index (κ1) is 36.0. The molecule has 0 aliphatic rings. The van der Waals surface area contributed by atoms with Gasteiger partial charge in [-0.1, -0.05) is 72.3 Å². The third kappa shape index (κ3) is 17.6. The van der Waals surface area contributed by atoms with Crippen LogP contribution < -0.4 is 0 Å². The van der Waals surface area contributed by atoms with Crippen molar-refractivity contribution in [1.29, 1.82) is 0 Å². The van der Waals surface area contributed by atoms with Crippen molar-refractivity contribution in [2.75, 3.05) is 52.9 Å². The van der Waals surface area contributed by atoms with Crippen LogP contribution in [-0.4, -0.2) is 77.0 Å². The largest absolute Gasteiger partial charge is 0.459 e. The molecule has 8 heteroatoms. The molecule has 0 saturated heterocycles. The van der Waals surface area contributed by atoms with Gasteiger partial charge in [0.1, 0.15) is 13.2 Å². The first-order valence-corrected chi connectivity index (χ1v) is 15.4. The summed E-state index contributed by atoms with van der Waals surface area (Å²) in [6, 6.07) is 6.37. The maximum atomic E-state index is 12.6. The molecule has 1 aromatic rings. The van der Waals surface area contributed by atoms with Crippen LogP contribution in [0.2, 0.25) is 0 Å². The van der Waals surface area contributed by atoms with Gasteiger partial charge in [-0.2, -0.15) is 0 Å². The van der Waals surface area contributed by atoms with Gasteiger partial charge in [0.15, 0.2) is 0 Å². The van der Waals surface area contributed by atoms with Crippen LogP contribution >= 0.6 is 0 Å². The van der Waals surface area contributed by atoms with Gasteiger partial charge < -0.3 is 28.4 Å². The average Bonchev–Trinajstić information content (AvgIpc) is 2.98. The topological polar surface area (TPSA) is 89.5 Å². The van der Waals surface area contributed by atoms with Gasteiger partial charge in [-0.15, -0.1) is 0 Å². The highest BCUT2D eigenvalue weighted by molar-refractivity contribution is 5.95. The molecule has 0 aromatic heterocycles. The second-order valence-electron chi connectivity index (χ2n) is 9.93. The number of rotatable bonds is 26. The lowest BCUT2D eigenvalue weighted by molar-refractivity contribution is -0.0308. The molecule has 0 N–H and O–H groups in total. The zero-order valence-electron chi connectivity index (χ0n) is 25.5. The number of hydrogen-bond donors (Lipinski definition) is 0. The number of ether oxygens (including phenoxy) is 6. The molecular weight excluding hydrogens is 512 g/mol. The first-order valence-electron chi connectivity index (χ1n) is 15.4. The normalized spacial score (nSPS) is 12.7. The van der Waals surface area contributed by atoms with E-state index >= 15 is 0 Å². The molecule has 2 atom stereocenters. The molecule has 2 unspecified atom stereocenters. The summed E-state index contributed by atoms with van der Waals surface area (Å²) in [7, 11) is 0. The van der Waals surface area contributed by atoms with E-state index in [1.54, 1.807) is 18.2 Å². The molecule has 0 bridgehead atoms. The SMILES string of the molecule is CCCCCCOCCOC(CC)COC(=O)c1cccc(C(=O)OCC(CC)OCCOCCCCCC)c1. The van der Waals surface area contributed by atoms with E-state index < -0.39 is 11.9 Å². The molecule has 0 radical (unpaired) electrons. The van der Waals surface area contributed by atoms with Crippen LogP contribution in [0, 0.1) is 0 Å². The summed E-state index contributed by atoms with van der Waals surface area (Å²) in [6.07, 6.45) is 10.4. The van der Waals surface area contributed by atoms with E-state index in [2.05, 4.69) is 13.8 Å². The minimum Gasteiger partial charge on any atom is -0.459 e. The Hall–Kier alpha value is -2.00. The zero-order valence-corrected chi connectivity index (χ0v) is 25.5. The fourth-order valence-corrected chi connectivity index (χ4v) is 3.86. The van der Waals surface area contributed by atoms with Crippen molar-refractivity contribution in [2.24, 2.45) is 0 Å². The first-order chi connectivity index (χ1) is 19.5. The van der Waals surface area contributed by atoms with Gasteiger partial charge in [0.2, 0.25) is 0 Å². The Morgan fingerprint density at radius 3 is 1.45 bits per heavy atom. The maximum absolute atomic E-state index is 12.6. The van der Waals surface area contributed by atoms with Crippen molar-refractivity contribution in [1.82, 2.24) is 0 Å². The summed E-state index contributed by atoms with van der Waals surface area (Å²) in [6.45, 7) is 12.1. The molecule has 0 saturated carbocycles. The van der Waals surface area contributed by atoms with Gasteiger partial charge in [-0.05, 0) is 43.9 Å². The number of carbonyl (C=O) groups excluding carboxylic acids is 2. The van der Waals surface area contributed by atoms with Gasteiger partial charge in [0.25, 0.3) is 0 Å². The predicted octanol–water partition coefficient (Wildman–Crippen LogP) is 6.78. The molecule has 1 rings (SSSR count). The smallest absolute Gasteiger partial charge is 0.338 e. The summed E-state index contributed by atoms with van der Waals surface area (Å²) in [5, 5.41) is 0. The number of hydrogen-bond acceptors (Lipinski definition) is 8. The second-order valence-corrected chi connectivity index (χ2v) is 9.93. The number of benzene rings is 1. The fourth-order valence-electron chi connectivity index (χ4n) is 3.86. The molecule has 1 aromatic carbocycles. The number of esters is 2. The van der Waals surface area contributed by atoms with Crippen molar-refractivity contribution in [2.45, 2.75) is 104 Å². The van der Waals surface area contributed by atoms with Crippen LogP contribution in [-0.2, 0) is 28.4 Å². The lowest BCUT2D eigenvalue weighted by Crippen LogP contribution is -2.24. The molecule has 8 nitrogen and oxygen atoms in total. The highest BCUT2D eigenvalue weighted by Gasteiger charge is 2.17. The Morgan fingerprint density at radius 2 is 1.05 bits per heavy atom. The van der Waals surface area contributed by atoms with E-state index in [9.17, 15) is 9.59 Å². The summed E-state index contributed by atoms with van der Waals surface area (Å²) in [5.41, 5.74) is 0.582. The highest BCUT2D eigenvalue weighted by Crippen LogP contribution is 2.11. The van der Waals surface area contributed by atoms with Crippen LogP contribution in [0.25, 0.3) is 0 Å². The van der Waals surface area contributed by atoms with Gasteiger partial charge in [-0.25, -0.2) is 9.59 Å². The molecule has 0 aliphatic heterocycles. The van der Waals surface area contributed by atoms with E-state index in [0.29, 0.717) is 50.4 Å². The Morgan fingerprint density at radius 1 is 0.600 bits per heavy atom. The third-order valence-corrected chi connectivity index (χ3v) is 6.49. The van der Waals surface area contributed by atoms with Crippen LogP contribution in [0.4, 0.5) is 0 Å². The van der Waals surface area contributed by atoms with Gasteiger partial charge >= 0.3 is 11.9 Å². The average molecular weight is 567 g/mol. The molecule has 0 aliphatic carbocycles. The van der Waals surface area contributed by atoms with Gasteiger partial charge in [0, 0.05) is 13.2 Å². The zero-order chi connectivity index (χ0) is 29.3. The minimum absolute atomic E-state index is 0.137. The number of unbranched alkanes of at least 4 members (excludes halogenated alkanes) is 6. The Bertz CT molecular complexity index is 710. The quantitative estimate of drug-likeness (QED) is 0.0895. The molecular formula is C32H54O8. The van der Waals surface area contributed by atoms with Crippen LogP contribution in [0.3, 0.4) is 0 Å². The molecule has 0 heterocycles. The molecule has 230 valence electrons. The second kappa shape index (κ2) is 24.8. The van der Waals surface area contributed by atoms with Crippen LogP contribution in [0.1, 0.15) is 113 Å². The standard InChI is InChI=1S/C32H54O8/c1-5-9-11-13-18-35-20-22-37-29(7-3)25-39-31(33)27-16-15-17-28(24-27)32(34)40-26-30(8-4)38-23-21-36-19-14-12-10-6-2/h15-17,24,29-30H,5-14,18-23,25-26H2,1-4H3. The molecule has 0 amide bonds. The van der Waals surface area contributed by atoms with Crippen molar-refractivity contribution < 1.29 is 38.0 Å². The molecule has 0 spiro atoms. The van der Waals surface area contributed by atoms with E-state index in [-0.39, 0.29) is 25.4 Å². The monoisotopic (exact) mass is 566 g/mol. The Balaban J connectivity index is 2.34. The third-order valence-electron chi connectivity index (χ3n) is 6.49. The van der Waals surface area contributed by atoms with Crippen LogP contribution in [0.5, 0.6) is 0 Å². The minimum atomic E-state index is -0.506. The predicted molar refractivity (Wildman–Crippen MR) is 157 cm³/mol. The van der Waals surface area contributed by atoms with Crippen molar-refractivity contribution >= 4 is 11.9 Å². The van der Waals surface area contributed by atoms with E-state index in [4.69, 9.17) is 28.4 Å². The van der Waals surface area contributed by atoms with Crippen molar-refractivity contribution in [3.63, 3.8) is 0 Å². The van der Waals surface area contributed by atoms with Crippen LogP contribution in [0.15, 0.2) is 24.3 Å². The van der Waals surface area contributed by atoms with E-state index in [0.717, 1.165) is 26.1 Å². The summed E-state index contributed by atoms with van der Waals surface area (Å²) in [4.78, 5) is 25.2. The fraction of sp³-hybridized carbons (Fsp3) is 0.750. The summed E-state index contributed by atoms with van der Waals surface area (Å²) >= 11 is 0. The highest BCUT2D eigenvalue weighted by atomic mass is 16.6.